The summed E-state index contributed by atoms with van der Waals surface area (Å²) in [5, 5.41) is 0. The van der Waals surface area contributed by atoms with Gasteiger partial charge in [0.05, 0.1) is 0 Å². The third kappa shape index (κ3) is 2.64. The second-order valence-corrected chi connectivity index (χ2v) is 4.65. The topological polar surface area (TPSA) is 46.3 Å². The molecule has 1 aromatic rings. The Morgan fingerprint density at radius 2 is 2.29 bits per heavy atom. The molecule has 0 spiro atoms. The van der Waals surface area contributed by atoms with Crippen molar-refractivity contribution in [2.75, 3.05) is 13.1 Å². The van der Waals surface area contributed by atoms with E-state index < -0.39 is 0 Å². The van der Waals surface area contributed by atoms with Gasteiger partial charge in [-0.1, -0.05) is 6.07 Å². The number of amides is 1. The molecule has 1 aliphatic heterocycles. The number of hydrogen-bond donors (Lipinski definition) is 1. The first-order valence-corrected chi connectivity index (χ1v) is 5.83. The molecule has 1 atom stereocenters. The maximum absolute atomic E-state index is 13.1. The lowest BCUT2D eigenvalue weighted by Crippen LogP contribution is -2.26. The van der Waals surface area contributed by atoms with E-state index in [2.05, 4.69) is 0 Å². The third-order valence-electron chi connectivity index (χ3n) is 3.30. The number of rotatable bonds is 3. The van der Waals surface area contributed by atoms with Gasteiger partial charge in [-0.3, -0.25) is 4.79 Å². The Hall–Kier alpha value is -1.42. The van der Waals surface area contributed by atoms with E-state index >= 15 is 0 Å². The number of likely N-dealkylation sites (tertiary alicyclic amines) is 1. The summed E-state index contributed by atoms with van der Waals surface area (Å²) in [6, 6.07) is 4.68. The van der Waals surface area contributed by atoms with Crippen LogP contribution in [0.1, 0.15) is 17.5 Å². The first-order valence-electron chi connectivity index (χ1n) is 5.83. The Bertz CT molecular complexity index is 433. The van der Waals surface area contributed by atoms with Crippen molar-refractivity contribution < 1.29 is 9.18 Å². The van der Waals surface area contributed by atoms with Gasteiger partial charge in [0.1, 0.15) is 5.82 Å². The molecule has 1 fully saturated rings. The van der Waals surface area contributed by atoms with Gasteiger partial charge in [0.2, 0.25) is 5.91 Å². The Morgan fingerprint density at radius 1 is 1.53 bits per heavy atom. The van der Waals surface area contributed by atoms with E-state index in [1.807, 2.05) is 6.92 Å². The molecule has 17 heavy (non-hydrogen) atoms. The average molecular weight is 236 g/mol. The molecule has 4 heteroatoms. The van der Waals surface area contributed by atoms with E-state index in [4.69, 9.17) is 5.73 Å². The smallest absolute Gasteiger partial charge is 0.223 e. The van der Waals surface area contributed by atoms with Crippen molar-refractivity contribution in [1.29, 1.82) is 0 Å². The van der Waals surface area contributed by atoms with Gasteiger partial charge in [-0.25, -0.2) is 4.39 Å². The Kier molecular flexibility index (Phi) is 3.43. The number of carbonyl (C=O) groups is 1. The summed E-state index contributed by atoms with van der Waals surface area (Å²) in [6.07, 6.45) is 0.519. The second kappa shape index (κ2) is 4.84. The van der Waals surface area contributed by atoms with E-state index in [0.717, 1.165) is 11.1 Å². The minimum absolute atomic E-state index is 0.115. The molecule has 1 heterocycles. The Balaban J connectivity index is 2.11. The van der Waals surface area contributed by atoms with Crippen molar-refractivity contribution in [3.63, 3.8) is 0 Å². The summed E-state index contributed by atoms with van der Waals surface area (Å²) in [5.74, 6) is 0.105. The molecule has 1 amide bonds. The van der Waals surface area contributed by atoms with Gasteiger partial charge in [-0.15, -0.1) is 0 Å². The standard InChI is InChI=1S/C13H17FN2O/c1-9-2-3-12(14)5-11(9)8-16-7-10(6-15)4-13(16)17/h2-3,5,10H,4,6-8,15H2,1H3. The molecular formula is C13H17FN2O. The van der Waals surface area contributed by atoms with Gasteiger partial charge < -0.3 is 10.6 Å². The van der Waals surface area contributed by atoms with E-state index in [0.29, 0.717) is 26.1 Å². The molecule has 1 saturated heterocycles. The van der Waals surface area contributed by atoms with Crippen LogP contribution in [0.15, 0.2) is 18.2 Å². The molecule has 0 radical (unpaired) electrons. The van der Waals surface area contributed by atoms with Crippen LogP contribution in [0.4, 0.5) is 4.39 Å². The highest BCUT2D eigenvalue weighted by Gasteiger charge is 2.28. The maximum Gasteiger partial charge on any atom is 0.223 e. The van der Waals surface area contributed by atoms with Gasteiger partial charge in [-0.05, 0) is 42.6 Å². The SMILES string of the molecule is Cc1ccc(F)cc1CN1CC(CN)CC1=O. The fraction of sp³-hybridized carbons (Fsp3) is 0.462. The van der Waals surface area contributed by atoms with Crippen LogP contribution in [0.5, 0.6) is 0 Å². The van der Waals surface area contributed by atoms with E-state index in [9.17, 15) is 9.18 Å². The normalized spacial score (nSPS) is 20.1. The summed E-state index contributed by atoms with van der Waals surface area (Å²) in [4.78, 5) is 13.5. The first-order chi connectivity index (χ1) is 8.10. The summed E-state index contributed by atoms with van der Waals surface area (Å²) in [5.41, 5.74) is 7.45. The van der Waals surface area contributed by atoms with Crippen LogP contribution in [0.3, 0.4) is 0 Å². The lowest BCUT2D eigenvalue weighted by atomic mass is 10.1. The number of halogens is 1. The predicted molar refractivity (Wildman–Crippen MR) is 63.7 cm³/mol. The van der Waals surface area contributed by atoms with Crippen LogP contribution < -0.4 is 5.73 Å². The first kappa shape index (κ1) is 12.0. The van der Waals surface area contributed by atoms with Crippen LogP contribution in [-0.4, -0.2) is 23.9 Å². The molecule has 0 saturated carbocycles. The molecule has 3 nitrogen and oxygen atoms in total. The highest BCUT2D eigenvalue weighted by molar-refractivity contribution is 5.78. The van der Waals surface area contributed by atoms with Gasteiger partial charge in [0.15, 0.2) is 0 Å². The maximum atomic E-state index is 13.1. The molecule has 1 aliphatic rings. The monoisotopic (exact) mass is 236 g/mol. The number of hydrogen-bond acceptors (Lipinski definition) is 2. The molecule has 1 aromatic carbocycles. The third-order valence-corrected chi connectivity index (χ3v) is 3.30. The molecule has 1 unspecified atom stereocenters. The van der Waals surface area contributed by atoms with Gasteiger partial charge in [-0.2, -0.15) is 0 Å². The largest absolute Gasteiger partial charge is 0.338 e. The van der Waals surface area contributed by atoms with Crippen molar-refractivity contribution in [2.45, 2.75) is 19.9 Å². The number of nitrogens with zero attached hydrogens (tertiary/aromatic N) is 1. The molecule has 0 bridgehead atoms. The molecule has 0 aliphatic carbocycles. The highest BCUT2D eigenvalue weighted by Crippen LogP contribution is 2.21. The molecule has 2 N–H and O–H groups in total. The summed E-state index contributed by atoms with van der Waals surface area (Å²) >= 11 is 0. The lowest BCUT2D eigenvalue weighted by molar-refractivity contribution is -0.128. The summed E-state index contributed by atoms with van der Waals surface area (Å²) < 4.78 is 13.1. The highest BCUT2D eigenvalue weighted by atomic mass is 19.1. The minimum Gasteiger partial charge on any atom is -0.338 e. The van der Waals surface area contributed by atoms with Crippen molar-refractivity contribution in [3.05, 3.63) is 35.1 Å². The quantitative estimate of drug-likeness (QED) is 0.863. The van der Waals surface area contributed by atoms with Crippen molar-refractivity contribution >= 4 is 5.91 Å². The molecule has 2 rings (SSSR count). The number of carbonyl (C=O) groups excluding carboxylic acids is 1. The second-order valence-electron chi connectivity index (χ2n) is 4.65. The Morgan fingerprint density at radius 3 is 2.94 bits per heavy atom. The van der Waals surface area contributed by atoms with Crippen LogP contribution in [0.2, 0.25) is 0 Å². The minimum atomic E-state index is -0.257. The van der Waals surface area contributed by atoms with Gasteiger partial charge in [0.25, 0.3) is 0 Å². The zero-order chi connectivity index (χ0) is 12.4. The lowest BCUT2D eigenvalue weighted by Gasteiger charge is -2.17. The van der Waals surface area contributed by atoms with Crippen molar-refractivity contribution in [1.82, 2.24) is 4.90 Å². The predicted octanol–water partition coefficient (Wildman–Crippen LogP) is 1.44. The molecule has 92 valence electrons. The zero-order valence-corrected chi connectivity index (χ0v) is 9.95. The molecular weight excluding hydrogens is 219 g/mol. The van der Waals surface area contributed by atoms with Crippen molar-refractivity contribution in [2.24, 2.45) is 11.7 Å². The zero-order valence-electron chi connectivity index (χ0n) is 9.95. The number of nitrogens with two attached hydrogens (primary N) is 1. The van der Waals surface area contributed by atoms with E-state index in [1.54, 1.807) is 11.0 Å². The van der Waals surface area contributed by atoms with E-state index in [-0.39, 0.29) is 17.6 Å². The number of benzene rings is 1. The molecule has 0 aromatic heterocycles. The van der Waals surface area contributed by atoms with Crippen molar-refractivity contribution in [3.8, 4) is 0 Å². The summed E-state index contributed by atoms with van der Waals surface area (Å²) in [6.45, 7) is 3.63. The number of aryl methyl sites for hydroxylation is 1. The summed E-state index contributed by atoms with van der Waals surface area (Å²) in [7, 11) is 0. The van der Waals surface area contributed by atoms with E-state index in [1.165, 1.54) is 12.1 Å². The van der Waals surface area contributed by atoms with Gasteiger partial charge in [0, 0.05) is 19.5 Å². The van der Waals surface area contributed by atoms with Gasteiger partial charge >= 0.3 is 0 Å². The van der Waals surface area contributed by atoms with Crippen LogP contribution in [-0.2, 0) is 11.3 Å². The van der Waals surface area contributed by atoms with Crippen LogP contribution in [0.25, 0.3) is 0 Å². The Labute approximate surface area is 100 Å². The fourth-order valence-corrected chi connectivity index (χ4v) is 2.18. The fourth-order valence-electron chi connectivity index (χ4n) is 2.18. The average Bonchev–Trinajstić information content (AvgIpc) is 2.65. The van der Waals surface area contributed by atoms with Crippen LogP contribution in [0, 0.1) is 18.7 Å². The van der Waals surface area contributed by atoms with Crippen LogP contribution >= 0.6 is 0 Å².